The second-order valence-corrected chi connectivity index (χ2v) is 4.69. The Hall–Kier alpha value is -1.20. The Morgan fingerprint density at radius 3 is 2.19 bits per heavy atom. The molecule has 0 radical (unpaired) electrons. The summed E-state index contributed by atoms with van der Waals surface area (Å²) in [5.74, 6) is -1.71. The van der Waals surface area contributed by atoms with Gasteiger partial charge in [0.1, 0.15) is 5.54 Å². The maximum absolute atomic E-state index is 12.5. The summed E-state index contributed by atoms with van der Waals surface area (Å²) in [6.45, 7) is -0.582. The SMILES string of the molecule is CC(CF)(CF)CC(=O)NC1(C(=O)O)CC1. The summed E-state index contributed by atoms with van der Waals surface area (Å²) in [4.78, 5) is 22.2. The van der Waals surface area contributed by atoms with Crippen molar-refractivity contribution in [3.05, 3.63) is 0 Å². The fourth-order valence-electron chi connectivity index (χ4n) is 1.35. The number of hydrogen-bond acceptors (Lipinski definition) is 2. The van der Waals surface area contributed by atoms with Gasteiger partial charge >= 0.3 is 5.97 Å². The van der Waals surface area contributed by atoms with Crippen molar-refractivity contribution in [3.8, 4) is 0 Å². The molecule has 6 heteroatoms. The molecule has 1 aliphatic carbocycles. The van der Waals surface area contributed by atoms with Crippen molar-refractivity contribution in [2.45, 2.75) is 31.7 Å². The number of carbonyl (C=O) groups is 2. The normalized spacial score (nSPS) is 17.9. The molecule has 16 heavy (non-hydrogen) atoms. The van der Waals surface area contributed by atoms with Gasteiger partial charge in [-0.25, -0.2) is 4.79 Å². The van der Waals surface area contributed by atoms with E-state index in [9.17, 15) is 18.4 Å². The van der Waals surface area contributed by atoms with E-state index in [1.807, 2.05) is 0 Å². The van der Waals surface area contributed by atoms with Crippen molar-refractivity contribution < 1.29 is 23.5 Å². The molecule has 0 aromatic carbocycles. The van der Waals surface area contributed by atoms with Crippen LogP contribution in [0.5, 0.6) is 0 Å². The Morgan fingerprint density at radius 1 is 1.38 bits per heavy atom. The first-order valence-corrected chi connectivity index (χ1v) is 5.04. The first-order valence-electron chi connectivity index (χ1n) is 5.04. The molecule has 0 unspecified atom stereocenters. The molecule has 0 bridgehead atoms. The van der Waals surface area contributed by atoms with E-state index in [0.717, 1.165) is 0 Å². The predicted octanol–water partition coefficient (Wildman–Crippen LogP) is 1.06. The summed E-state index contributed by atoms with van der Waals surface area (Å²) in [5, 5.41) is 11.1. The van der Waals surface area contributed by atoms with E-state index in [0.29, 0.717) is 12.8 Å². The van der Waals surface area contributed by atoms with Crippen LogP contribution >= 0.6 is 0 Å². The molecule has 2 N–H and O–H groups in total. The van der Waals surface area contributed by atoms with Crippen LogP contribution in [0.25, 0.3) is 0 Å². The van der Waals surface area contributed by atoms with Crippen LogP contribution in [0.4, 0.5) is 8.78 Å². The first-order chi connectivity index (χ1) is 7.37. The van der Waals surface area contributed by atoms with E-state index in [1.165, 1.54) is 6.92 Å². The average molecular weight is 235 g/mol. The van der Waals surface area contributed by atoms with Gasteiger partial charge in [0, 0.05) is 11.8 Å². The molecule has 1 amide bonds. The summed E-state index contributed by atoms with van der Waals surface area (Å²) in [6, 6.07) is 0. The molecule has 0 heterocycles. The molecule has 1 rings (SSSR count). The Labute approximate surface area is 92.0 Å². The van der Waals surface area contributed by atoms with Crippen LogP contribution < -0.4 is 5.32 Å². The third-order valence-electron chi connectivity index (χ3n) is 2.77. The zero-order valence-corrected chi connectivity index (χ0v) is 9.06. The molecule has 1 aliphatic rings. The number of aliphatic carboxylic acids is 1. The molecule has 1 saturated carbocycles. The van der Waals surface area contributed by atoms with Crippen molar-refractivity contribution in [2.75, 3.05) is 13.3 Å². The predicted molar refractivity (Wildman–Crippen MR) is 52.4 cm³/mol. The highest BCUT2D eigenvalue weighted by atomic mass is 19.1. The molecule has 4 nitrogen and oxygen atoms in total. The number of amides is 1. The van der Waals surface area contributed by atoms with Gasteiger partial charge in [-0.15, -0.1) is 0 Å². The van der Waals surface area contributed by atoms with Crippen LogP contribution in [0.2, 0.25) is 0 Å². The maximum atomic E-state index is 12.5. The van der Waals surface area contributed by atoms with Crippen LogP contribution in [-0.2, 0) is 9.59 Å². The lowest BCUT2D eigenvalue weighted by atomic mass is 9.89. The Balaban J connectivity index is 2.51. The van der Waals surface area contributed by atoms with Crippen LogP contribution in [-0.4, -0.2) is 35.9 Å². The fourth-order valence-corrected chi connectivity index (χ4v) is 1.35. The molecule has 0 aromatic heterocycles. The highest BCUT2D eigenvalue weighted by Crippen LogP contribution is 2.36. The van der Waals surface area contributed by atoms with Gasteiger partial charge in [0.15, 0.2) is 0 Å². The van der Waals surface area contributed by atoms with Crippen molar-refractivity contribution in [1.82, 2.24) is 5.32 Å². The van der Waals surface area contributed by atoms with Gasteiger partial charge in [0.2, 0.25) is 5.91 Å². The number of halogens is 2. The second-order valence-electron chi connectivity index (χ2n) is 4.69. The second kappa shape index (κ2) is 4.35. The standard InChI is InChI=1S/C10H15F2NO3/c1-9(5-11,6-12)4-7(14)13-10(2-3-10)8(15)16/h2-6H2,1H3,(H,13,14)(H,15,16). The lowest BCUT2D eigenvalue weighted by molar-refractivity contribution is -0.143. The monoisotopic (exact) mass is 235 g/mol. The highest BCUT2D eigenvalue weighted by Gasteiger charge is 2.51. The quantitative estimate of drug-likeness (QED) is 0.723. The van der Waals surface area contributed by atoms with Crippen LogP contribution in [0.1, 0.15) is 26.2 Å². The number of alkyl halides is 2. The van der Waals surface area contributed by atoms with Crippen molar-refractivity contribution >= 4 is 11.9 Å². The van der Waals surface area contributed by atoms with Crippen LogP contribution in [0.15, 0.2) is 0 Å². The van der Waals surface area contributed by atoms with Gasteiger partial charge in [-0.3, -0.25) is 13.6 Å². The van der Waals surface area contributed by atoms with E-state index in [4.69, 9.17) is 5.11 Å². The van der Waals surface area contributed by atoms with Crippen molar-refractivity contribution in [2.24, 2.45) is 5.41 Å². The van der Waals surface area contributed by atoms with Gasteiger partial charge in [-0.2, -0.15) is 0 Å². The molecule has 0 atom stereocenters. The fraction of sp³-hybridized carbons (Fsp3) is 0.800. The Morgan fingerprint density at radius 2 is 1.88 bits per heavy atom. The van der Waals surface area contributed by atoms with E-state index in [1.54, 1.807) is 0 Å². The Bertz CT molecular complexity index is 298. The van der Waals surface area contributed by atoms with E-state index >= 15 is 0 Å². The van der Waals surface area contributed by atoms with Crippen molar-refractivity contribution in [3.63, 3.8) is 0 Å². The summed E-state index contributed by atoms with van der Waals surface area (Å²) in [6.07, 6.45) is 0.404. The lowest BCUT2D eigenvalue weighted by Crippen LogP contribution is -2.45. The molecule has 0 spiro atoms. The first kappa shape index (κ1) is 12.9. The summed E-state index contributed by atoms with van der Waals surface area (Å²) < 4.78 is 24.9. The molecule has 0 saturated heterocycles. The summed E-state index contributed by atoms with van der Waals surface area (Å²) in [7, 11) is 0. The average Bonchev–Trinajstić information content (AvgIpc) is 2.98. The number of carbonyl (C=O) groups excluding carboxylic acids is 1. The maximum Gasteiger partial charge on any atom is 0.329 e. The molecule has 92 valence electrons. The number of nitrogens with one attached hydrogen (secondary N) is 1. The van der Waals surface area contributed by atoms with Crippen LogP contribution in [0.3, 0.4) is 0 Å². The van der Waals surface area contributed by atoms with E-state index in [2.05, 4.69) is 5.32 Å². The summed E-state index contributed by atoms with van der Waals surface area (Å²) >= 11 is 0. The van der Waals surface area contributed by atoms with Gasteiger partial charge in [0.05, 0.1) is 13.3 Å². The summed E-state index contributed by atoms with van der Waals surface area (Å²) in [5.41, 5.74) is -2.54. The van der Waals surface area contributed by atoms with Gasteiger partial charge < -0.3 is 10.4 Å². The number of rotatable bonds is 6. The number of hydrogen-bond donors (Lipinski definition) is 2. The molecular formula is C10H15F2NO3. The lowest BCUT2D eigenvalue weighted by Gasteiger charge is -2.22. The van der Waals surface area contributed by atoms with Gasteiger partial charge in [0.25, 0.3) is 0 Å². The molecule has 0 aliphatic heterocycles. The largest absolute Gasteiger partial charge is 0.480 e. The molecule has 0 aromatic rings. The van der Waals surface area contributed by atoms with Gasteiger partial charge in [-0.1, -0.05) is 6.92 Å². The van der Waals surface area contributed by atoms with E-state index in [-0.39, 0.29) is 6.42 Å². The zero-order chi connectivity index (χ0) is 12.4. The minimum absolute atomic E-state index is 0.338. The minimum atomic E-state index is -1.35. The Kier molecular flexibility index (Phi) is 3.50. The number of carboxylic acid groups (broad SMARTS) is 1. The zero-order valence-electron chi connectivity index (χ0n) is 9.06. The van der Waals surface area contributed by atoms with Gasteiger partial charge in [-0.05, 0) is 12.8 Å². The minimum Gasteiger partial charge on any atom is -0.480 e. The number of carboxylic acids is 1. The molecular weight excluding hydrogens is 220 g/mol. The third kappa shape index (κ3) is 2.68. The highest BCUT2D eigenvalue weighted by molar-refractivity contribution is 5.89. The van der Waals surface area contributed by atoms with Crippen LogP contribution in [0, 0.1) is 5.41 Å². The molecule has 1 fully saturated rings. The van der Waals surface area contributed by atoms with Crippen molar-refractivity contribution in [1.29, 1.82) is 0 Å². The van der Waals surface area contributed by atoms with E-state index < -0.39 is 36.2 Å². The smallest absolute Gasteiger partial charge is 0.329 e. The third-order valence-corrected chi connectivity index (χ3v) is 2.77. The topological polar surface area (TPSA) is 66.4 Å².